The lowest BCUT2D eigenvalue weighted by molar-refractivity contribution is 0.437. The van der Waals surface area contributed by atoms with Crippen molar-refractivity contribution in [2.45, 2.75) is 12.8 Å². The van der Waals surface area contributed by atoms with Gasteiger partial charge in [-0.3, -0.25) is 0 Å². The highest BCUT2D eigenvalue weighted by molar-refractivity contribution is 7.87. The summed E-state index contributed by atoms with van der Waals surface area (Å²) < 4.78 is 26.2. The molecule has 6 heteroatoms. The normalized spacial score (nSPS) is 23.1. The Bertz CT molecular complexity index is 227. The molecule has 1 fully saturated rings. The van der Waals surface area contributed by atoms with Crippen LogP contribution in [0, 0.1) is 0 Å². The summed E-state index contributed by atoms with van der Waals surface area (Å²) in [7, 11) is -3.13. The van der Waals surface area contributed by atoms with Gasteiger partial charge in [-0.25, -0.2) is 4.72 Å². The molecule has 0 amide bonds. The Balaban J connectivity index is 2.32. The van der Waals surface area contributed by atoms with Crippen molar-refractivity contribution in [1.29, 1.82) is 0 Å². The van der Waals surface area contributed by atoms with E-state index in [9.17, 15) is 8.42 Å². The van der Waals surface area contributed by atoms with E-state index in [1.165, 1.54) is 4.31 Å². The van der Waals surface area contributed by atoms with E-state index in [-0.39, 0.29) is 0 Å². The SMILES string of the molecule is NCCCCN1CCNS1(=O)=O. The Morgan fingerprint density at radius 2 is 2.17 bits per heavy atom. The van der Waals surface area contributed by atoms with Crippen molar-refractivity contribution in [3.05, 3.63) is 0 Å². The molecule has 1 saturated heterocycles. The van der Waals surface area contributed by atoms with Crippen LogP contribution in [-0.4, -0.2) is 38.9 Å². The molecule has 0 unspecified atom stereocenters. The molecule has 0 aromatic rings. The number of nitrogens with one attached hydrogen (secondary N) is 1. The van der Waals surface area contributed by atoms with Gasteiger partial charge in [-0.15, -0.1) is 0 Å². The number of hydrogen-bond donors (Lipinski definition) is 2. The van der Waals surface area contributed by atoms with Crippen LogP contribution in [0.3, 0.4) is 0 Å². The molecule has 1 rings (SSSR count). The Morgan fingerprint density at radius 1 is 1.42 bits per heavy atom. The first kappa shape index (κ1) is 9.91. The minimum Gasteiger partial charge on any atom is -0.330 e. The van der Waals surface area contributed by atoms with Crippen LogP contribution >= 0.6 is 0 Å². The molecule has 0 bridgehead atoms. The van der Waals surface area contributed by atoms with Crippen molar-refractivity contribution in [3.8, 4) is 0 Å². The lowest BCUT2D eigenvalue weighted by Crippen LogP contribution is -2.30. The van der Waals surface area contributed by atoms with Gasteiger partial charge < -0.3 is 5.73 Å². The van der Waals surface area contributed by atoms with E-state index < -0.39 is 10.2 Å². The molecule has 1 aliphatic heterocycles. The largest absolute Gasteiger partial charge is 0.330 e. The zero-order chi connectivity index (χ0) is 9.03. The number of nitrogens with two attached hydrogens (primary N) is 1. The molecule has 12 heavy (non-hydrogen) atoms. The fraction of sp³-hybridized carbons (Fsp3) is 1.00. The van der Waals surface area contributed by atoms with Crippen LogP contribution in [0.2, 0.25) is 0 Å². The van der Waals surface area contributed by atoms with Crippen molar-refractivity contribution in [3.63, 3.8) is 0 Å². The quantitative estimate of drug-likeness (QED) is 0.555. The summed E-state index contributed by atoms with van der Waals surface area (Å²) >= 11 is 0. The highest BCUT2D eigenvalue weighted by atomic mass is 32.2. The summed E-state index contributed by atoms with van der Waals surface area (Å²) in [5.74, 6) is 0. The third-order valence-corrected chi connectivity index (χ3v) is 3.46. The first-order chi connectivity index (χ1) is 5.67. The molecule has 0 spiro atoms. The van der Waals surface area contributed by atoms with E-state index in [0.29, 0.717) is 26.2 Å². The third-order valence-electron chi connectivity index (χ3n) is 1.85. The fourth-order valence-electron chi connectivity index (χ4n) is 1.18. The van der Waals surface area contributed by atoms with Gasteiger partial charge in [-0.1, -0.05) is 0 Å². The highest BCUT2D eigenvalue weighted by Crippen LogP contribution is 2.05. The molecule has 72 valence electrons. The first-order valence-corrected chi connectivity index (χ1v) is 5.55. The maximum atomic E-state index is 11.1. The second kappa shape index (κ2) is 4.18. The van der Waals surface area contributed by atoms with Crippen LogP contribution in [-0.2, 0) is 10.2 Å². The van der Waals surface area contributed by atoms with Gasteiger partial charge in [0.05, 0.1) is 0 Å². The number of nitrogens with zero attached hydrogens (tertiary/aromatic N) is 1. The van der Waals surface area contributed by atoms with Crippen molar-refractivity contribution in [1.82, 2.24) is 9.03 Å². The summed E-state index contributed by atoms with van der Waals surface area (Å²) in [6, 6.07) is 0. The standard InChI is InChI=1S/C6H15N3O2S/c7-3-1-2-5-9-6-4-8-12(9,10)11/h8H,1-7H2. The van der Waals surface area contributed by atoms with E-state index >= 15 is 0 Å². The molecule has 5 nitrogen and oxygen atoms in total. The summed E-state index contributed by atoms with van der Waals surface area (Å²) in [5, 5.41) is 0. The van der Waals surface area contributed by atoms with E-state index in [4.69, 9.17) is 5.73 Å². The molecule has 0 aliphatic carbocycles. The van der Waals surface area contributed by atoms with Crippen LogP contribution < -0.4 is 10.5 Å². The zero-order valence-electron chi connectivity index (χ0n) is 6.99. The van der Waals surface area contributed by atoms with Gasteiger partial charge in [0.2, 0.25) is 0 Å². The van der Waals surface area contributed by atoms with Crippen LogP contribution in [0.15, 0.2) is 0 Å². The van der Waals surface area contributed by atoms with Gasteiger partial charge in [0, 0.05) is 19.6 Å². The number of unbranched alkanes of at least 4 members (excludes halogenated alkanes) is 1. The molecule has 0 aromatic heterocycles. The topological polar surface area (TPSA) is 75.4 Å². The Labute approximate surface area is 73.1 Å². The minimum absolute atomic E-state index is 0.533. The van der Waals surface area contributed by atoms with Crippen LogP contribution in [0.1, 0.15) is 12.8 Å². The predicted octanol–water partition coefficient (Wildman–Crippen LogP) is -1.12. The van der Waals surface area contributed by atoms with E-state index in [1.807, 2.05) is 0 Å². The van der Waals surface area contributed by atoms with Gasteiger partial charge >= 0.3 is 0 Å². The van der Waals surface area contributed by atoms with Crippen molar-refractivity contribution in [2.24, 2.45) is 5.73 Å². The van der Waals surface area contributed by atoms with Crippen molar-refractivity contribution < 1.29 is 8.42 Å². The third kappa shape index (κ3) is 2.41. The zero-order valence-corrected chi connectivity index (χ0v) is 7.81. The first-order valence-electron chi connectivity index (χ1n) is 4.11. The van der Waals surface area contributed by atoms with E-state index in [1.54, 1.807) is 0 Å². The van der Waals surface area contributed by atoms with E-state index in [0.717, 1.165) is 12.8 Å². The summed E-state index contributed by atoms with van der Waals surface area (Å²) in [6.07, 6.45) is 1.73. The summed E-state index contributed by atoms with van der Waals surface area (Å²) in [4.78, 5) is 0. The molecular weight excluding hydrogens is 178 g/mol. The lowest BCUT2D eigenvalue weighted by atomic mass is 10.3. The van der Waals surface area contributed by atoms with Crippen LogP contribution in [0.5, 0.6) is 0 Å². The maximum Gasteiger partial charge on any atom is 0.279 e. The monoisotopic (exact) mass is 193 g/mol. The maximum absolute atomic E-state index is 11.1. The molecule has 0 aromatic carbocycles. The molecular formula is C6H15N3O2S. The summed E-state index contributed by atoms with van der Waals surface area (Å²) in [5.41, 5.74) is 5.30. The van der Waals surface area contributed by atoms with Crippen LogP contribution in [0.4, 0.5) is 0 Å². The van der Waals surface area contributed by atoms with E-state index in [2.05, 4.69) is 4.72 Å². The molecule has 1 heterocycles. The highest BCUT2D eigenvalue weighted by Gasteiger charge is 2.26. The Kier molecular flexibility index (Phi) is 3.45. The van der Waals surface area contributed by atoms with Gasteiger partial charge in [0.15, 0.2) is 0 Å². The number of hydrogen-bond acceptors (Lipinski definition) is 3. The predicted molar refractivity (Wildman–Crippen MR) is 46.8 cm³/mol. The second-order valence-corrected chi connectivity index (χ2v) is 4.55. The lowest BCUT2D eigenvalue weighted by Gasteiger charge is -2.11. The smallest absolute Gasteiger partial charge is 0.279 e. The molecule has 0 saturated carbocycles. The fourth-order valence-corrected chi connectivity index (χ4v) is 2.41. The summed E-state index contributed by atoms with van der Waals surface area (Å²) in [6.45, 7) is 2.34. The molecule has 0 atom stereocenters. The molecule has 1 aliphatic rings. The van der Waals surface area contributed by atoms with Gasteiger partial charge in [0.25, 0.3) is 10.2 Å². The minimum atomic E-state index is -3.13. The Morgan fingerprint density at radius 3 is 2.67 bits per heavy atom. The van der Waals surface area contributed by atoms with Gasteiger partial charge in [-0.2, -0.15) is 12.7 Å². The average Bonchev–Trinajstić information content (AvgIpc) is 2.32. The van der Waals surface area contributed by atoms with Gasteiger partial charge in [-0.05, 0) is 19.4 Å². The van der Waals surface area contributed by atoms with Crippen LogP contribution in [0.25, 0.3) is 0 Å². The van der Waals surface area contributed by atoms with Gasteiger partial charge in [0.1, 0.15) is 0 Å². The van der Waals surface area contributed by atoms with Crippen molar-refractivity contribution >= 4 is 10.2 Å². The van der Waals surface area contributed by atoms with Crippen molar-refractivity contribution in [2.75, 3.05) is 26.2 Å². The molecule has 3 N–H and O–H groups in total. The second-order valence-electron chi connectivity index (χ2n) is 2.79. The average molecular weight is 193 g/mol. The molecule has 0 radical (unpaired) electrons. The number of rotatable bonds is 4. The Hall–Kier alpha value is -0.170.